The summed E-state index contributed by atoms with van der Waals surface area (Å²) in [5.41, 5.74) is 2.17. The zero-order chi connectivity index (χ0) is 23.8. The van der Waals surface area contributed by atoms with Crippen molar-refractivity contribution in [3.63, 3.8) is 0 Å². The molecule has 1 aliphatic rings. The van der Waals surface area contributed by atoms with Crippen LogP contribution < -0.4 is 15.1 Å². The van der Waals surface area contributed by atoms with Crippen molar-refractivity contribution in [3.05, 3.63) is 130 Å². The minimum atomic E-state index is -0.732. The number of benzene rings is 3. The maximum Gasteiger partial charge on any atom is 0.297 e. The number of fused-ring (bicyclic) bond motifs is 2. The molecule has 0 N–H and O–H groups in total. The van der Waals surface area contributed by atoms with Crippen molar-refractivity contribution in [2.75, 3.05) is 4.90 Å². The number of amides is 1. The minimum absolute atomic E-state index is 0.00978. The Labute approximate surface area is 200 Å². The molecule has 1 aliphatic heterocycles. The van der Waals surface area contributed by atoms with Gasteiger partial charge in [-0.15, -0.1) is 0 Å². The summed E-state index contributed by atoms with van der Waals surface area (Å²) in [5.74, 6) is 0.427. The van der Waals surface area contributed by atoms with E-state index in [4.69, 9.17) is 9.15 Å². The minimum Gasteiger partial charge on any atom is -0.489 e. The van der Waals surface area contributed by atoms with Crippen LogP contribution in [0.25, 0.3) is 11.0 Å². The summed E-state index contributed by atoms with van der Waals surface area (Å²) in [6.45, 7) is 0.435. The highest BCUT2D eigenvalue weighted by molar-refractivity contribution is 6.09. The van der Waals surface area contributed by atoms with Crippen LogP contribution in [0.2, 0.25) is 0 Å². The van der Waals surface area contributed by atoms with Crippen LogP contribution in [0, 0.1) is 0 Å². The van der Waals surface area contributed by atoms with Crippen LogP contribution >= 0.6 is 0 Å². The number of aromatic nitrogens is 2. The van der Waals surface area contributed by atoms with Gasteiger partial charge in [-0.3, -0.25) is 14.5 Å². The molecule has 0 spiro atoms. The third-order valence-electron chi connectivity index (χ3n) is 5.99. The molecule has 1 atom stereocenters. The Balaban J connectivity index is 1.43. The van der Waals surface area contributed by atoms with Crippen molar-refractivity contribution in [2.24, 2.45) is 0 Å². The maximum absolute atomic E-state index is 13.5. The lowest BCUT2D eigenvalue weighted by Gasteiger charge is -2.23. The van der Waals surface area contributed by atoms with Crippen molar-refractivity contribution in [3.8, 4) is 5.75 Å². The van der Waals surface area contributed by atoms with Gasteiger partial charge in [0.1, 0.15) is 17.9 Å². The summed E-state index contributed by atoms with van der Waals surface area (Å²) in [6, 6.07) is 25.1. The van der Waals surface area contributed by atoms with Gasteiger partial charge in [-0.05, 0) is 41.5 Å². The smallest absolute Gasteiger partial charge is 0.297 e. The van der Waals surface area contributed by atoms with E-state index in [9.17, 15) is 9.59 Å². The standard InChI is InChI=1S/C28H19N3O4/c32-25-21-9-4-5-10-22(21)35-26-23(25)24(31(27(26)33)28-29-15-6-16-30-28)19-11-13-20(14-12-19)34-17-18-7-2-1-3-8-18/h1-16,24H,17H2. The van der Waals surface area contributed by atoms with E-state index in [1.165, 1.54) is 4.90 Å². The van der Waals surface area contributed by atoms with E-state index < -0.39 is 11.9 Å². The first-order valence-electron chi connectivity index (χ1n) is 11.1. The molecule has 3 heterocycles. The molecule has 0 saturated carbocycles. The van der Waals surface area contributed by atoms with E-state index >= 15 is 0 Å². The third-order valence-corrected chi connectivity index (χ3v) is 5.99. The molecule has 5 aromatic rings. The zero-order valence-electron chi connectivity index (χ0n) is 18.5. The van der Waals surface area contributed by atoms with Gasteiger partial charge in [-0.1, -0.05) is 54.6 Å². The molecule has 0 bridgehead atoms. The Morgan fingerprint density at radius 3 is 2.31 bits per heavy atom. The van der Waals surface area contributed by atoms with Crippen LogP contribution in [0.3, 0.4) is 0 Å². The lowest BCUT2D eigenvalue weighted by atomic mass is 9.98. The van der Waals surface area contributed by atoms with E-state index in [2.05, 4.69) is 9.97 Å². The number of rotatable bonds is 5. The van der Waals surface area contributed by atoms with Crippen LogP contribution in [0.15, 0.2) is 107 Å². The lowest BCUT2D eigenvalue weighted by Crippen LogP contribution is -2.31. The van der Waals surface area contributed by atoms with Crippen LogP contribution in [0.1, 0.15) is 33.3 Å². The van der Waals surface area contributed by atoms with Crippen LogP contribution in [-0.4, -0.2) is 15.9 Å². The highest BCUT2D eigenvalue weighted by Crippen LogP contribution is 2.40. The summed E-state index contributed by atoms with van der Waals surface area (Å²) in [5, 5.41) is 0.419. The number of carbonyl (C=O) groups excluding carboxylic acids is 1. The molecule has 35 heavy (non-hydrogen) atoms. The Morgan fingerprint density at radius 1 is 0.829 bits per heavy atom. The molecule has 2 aromatic heterocycles. The average Bonchev–Trinajstić information content (AvgIpc) is 3.21. The van der Waals surface area contributed by atoms with Crippen molar-refractivity contribution in [1.29, 1.82) is 0 Å². The summed E-state index contributed by atoms with van der Waals surface area (Å²) in [7, 11) is 0. The fraction of sp³-hybridized carbons (Fsp3) is 0.0714. The molecule has 0 aliphatic carbocycles. The molecule has 7 nitrogen and oxygen atoms in total. The average molecular weight is 461 g/mol. The van der Waals surface area contributed by atoms with Crippen LogP contribution in [-0.2, 0) is 6.61 Å². The topological polar surface area (TPSA) is 85.5 Å². The van der Waals surface area contributed by atoms with Gasteiger partial charge in [0.2, 0.25) is 11.7 Å². The number of hydrogen-bond donors (Lipinski definition) is 0. The first-order chi connectivity index (χ1) is 17.2. The Hall–Kier alpha value is -4.78. The quantitative estimate of drug-likeness (QED) is 0.370. The molecule has 6 rings (SSSR count). The predicted octanol–water partition coefficient (Wildman–Crippen LogP) is 4.91. The highest BCUT2D eigenvalue weighted by Gasteiger charge is 2.44. The predicted molar refractivity (Wildman–Crippen MR) is 130 cm³/mol. The second-order valence-corrected chi connectivity index (χ2v) is 8.14. The second-order valence-electron chi connectivity index (χ2n) is 8.14. The van der Waals surface area contributed by atoms with Crippen molar-refractivity contribution >= 4 is 22.8 Å². The Morgan fingerprint density at radius 2 is 1.54 bits per heavy atom. The van der Waals surface area contributed by atoms with Crippen molar-refractivity contribution in [1.82, 2.24) is 9.97 Å². The number of carbonyl (C=O) groups is 1. The molecular formula is C28H19N3O4. The van der Waals surface area contributed by atoms with Gasteiger partial charge in [-0.2, -0.15) is 0 Å². The summed E-state index contributed by atoms with van der Waals surface area (Å²) >= 11 is 0. The molecule has 0 saturated heterocycles. The molecule has 170 valence electrons. The molecular weight excluding hydrogens is 442 g/mol. The number of para-hydroxylation sites is 1. The molecule has 1 unspecified atom stereocenters. The van der Waals surface area contributed by atoms with Gasteiger partial charge in [0.25, 0.3) is 5.91 Å². The van der Waals surface area contributed by atoms with Gasteiger partial charge >= 0.3 is 0 Å². The lowest BCUT2D eigenvalue weighted by molar-refractivity contribution is 0.0969. The van der Waals surface area contributed by atoms with Gasteiger partial charge in [0.05, 0.1) is 17.0 Å². The number of anilines is 1. The van der Waals surface area contributed by atoms with E-state index in [1.807, 2.05) is 54.6 Å². The van der Waals surface area contributed by atoms with Gasteiger partial charge < -0.3 is 9.15 Å². The largest absolute Gasteiger partial charge is 0.489 e. The number of ether oxygens (including phenoxy) is 1. The Kier molecular flexibility index (Phi) is 5.07. The molecule has 0 fully saturated rings. The fourth-order valence-electron chi connectivity index (χ4n) is 4.34. The van der Waals surface area contributed by atoms with E-state index in [1.54, 1.807) is 42.7 Å². The van der Waals surface area contributed by atoms with Gasteiger partial charge in [-0.25, -0.2) is 9.97 Å². The normalized spacial score (nSPS) is 14.8. The highest BCUT2D eigenvalue weighted by atomic mass is 16.5. The molecule has 3 aromatic carbocycles. The van der Waals surface area contributed by atoms with Gasteiger partial charge in [0, 0.05) is 12.4 Å². The summed E-state index contributed by atoms with van der Waals surface area (Å²) < 4.78 is 11.8. The van der Waals surface area contributed by atoms with Gasteiger partial charge in [0.15, 0.2) is 5.43 Å². The first-order valence-corrected chi connectivity index (χ1v) is 11.1. The number of hydrogen-bond acceptors (Lipinski definition) is 6. The van der Waals surface area contributed by atoms with E-state index in [0.717, 1.165) is 11.1 Å². The first kappa shape index (κ1) is 20.8. The molecule has 0 radical (unpaired) electrons. The molecule has 7 heteroatoms. The summed E-state index contributed by atoms with van der Waals surface area (Å²) in [6.07, 6.45) is 3.11. The maximum atomic E-state index is 13.5. The SMILES string of the molecule is O=C1c2oc3ccccc3c(=O)c2C(c2ccc(OCc3ccccc3)cc2)N1c1ncccn1. The molecule has 1 amide bonds. The fourth-order valence-corrected chi connectivity index (χ4v) is 4.34. The van der Waals surface area contributed by atoms with Crippen LogP contribution in [0.5, 0.6) is 5.75 Å². The second kappa shape index (κ2) is 8.53. The van der Waals surface area contributed by atoms with Crippen molar-refractivity contribution in [2.45, 2.75) is 12.6 Å². The third kappa shape index (κ3) is 3.63. The number of nitrogens with zero attached hydrogens (tertiary/aromatic N) is 3. The zero-order valence-corrected chi connectivity index (χ0v) is 18.5. The summed E-state index contributed by atoms with van der Waals surface area (Å²) in [4.78, 5) is 37.0. The Bertz CT molecular complexity index is 1580. The van der Waals surface area contributed by atoms with E-state index in [-0.39, 0.29) is 22.7 Å². The van der Waals surface area contributed by atoms with Crippen molar-refractivity contribution < 1.29 is 13.9 Å². The van der Waals surface area contributed by atoms with Crippen LogP contribution in [0.4, 0.5) is 5.95 Å². The monoisotopic (exact) mass is 461 g/mol. The van der Waals surface area contributed by atoms with E-state index in [0.29, 0.717) is 23.3 Å².